The van der Waals surface area contributed by atoms with E-state index in [9.17, 15) is 5.11 Å². The summed E-state index contributed by atoms with van der Waals surface area (Å²) in [4.78, 5) is 5.23. The number of aliphatic hydroxyl groups is 1. The first-order valence-electron chi connectivity index (χ1n) is 5.93. The lowest BCUT2D eigenvalue weighted by Crippen LogP contribution is -1.98. The highest BCUT2D eigenvalue weighted by Gasteiger charge is 2.15. The van der Waals surface area contributed by atoms with Gasteiger partial charge in [-0.2, -0.15) is 0 Å². The number of benzene rings is 1. The van der Waals surface area contributed by atoms with Gasteiger partial charge in [0.1, 0.15) is 6.10 Å². The zero-order valence-corrected chi connectivity index (χ0v) is 11.9. The molecule has 96 valence electrons. The van der Waals surface area contributed by atoms with E-state index in [1.54, 1.807) is 6.07 Å². The van der Waals surface area contributed by atoms with Gasteiger partial charge in [0.25, 0.3) is 0 Å². The van der Waals surface area contributed by atoms with Crippen LogP contribution in [0.3, 0.4) is 0 Å². The summed E-state index contributed by atoms with van der Waals surface area (Å²) < 4.78 is 0. The van der Waals surface area contributed by atoms with E-state index >= 15 is 0 Å². The molecule has 0 aliphatic heterocycles. The summed E-state index contributed by atoms with van der Waals surface area (Å²) >= 11 is 7.52. The SMILES string of the molecule is Cc1ccc2cc(C(O)c3sccc3Cl)ccc2n1. The Balaban J connectivity index is 2.06. The highest BCUT2D eigenvalue weighted by atomic mass is 35.5. The number of rotatable bonds is 2. The molecule has 3 rings (SSSR count). The molecule has 0 aliphatic carbocycles. The molecule has 1 unspecified atom stereocenters. The van der Waals surface area contributed by atoms with Crippen LogP contribution >= 0.6 is 22.9 Å². The standard InChI is InChI=1S/C15H12ClNOS/c1-9-2-3-10-8-11(4-5-13(10)17-9)14(18)15-12(16)6-7-19-15/h2-8,14,18H,1H3. The first-order chi connectivity index (χ1) is 9.15. The Labute approximate surface area is 120 Å². The number of hydrogen-bond acceptors (Lipinski definition) is 3. The molecule has 19 heavy (non-hydrogen) atoms. The van der Waals surface area contributed by atoms with Crippen LogP contribution in [0.25, 0.3) is 10.9 Å². The van der Waals surface area contributed by atoms with Crippen molar-refractivity contribution >= 4 is 33.8 Å². The number of aryl methyl sites for hydroxylation is 1. The molecule has 2 nitrogen and oxygen atoms in total. The van der Waals surface area contributed by atoms with Crippen LogP contribution < -0.4 is 0 Å². The van der Waals surface area contributed by atoms with Gasteiger partial charge in [0.15, 0.2) is 0 Å². The summed E-state index contributed by atoms with van der Waals surface area (Å²) in [6.45, 7) is 1.97. The van der Waals surface area contributed by atoms with Crippen molar-refractivity contribution in [3.05, 3.63) is 62.9 Å². The van der Waals surface area contributed by atoms with Gasteiger partial charge in [0, 0.05) is 11.1 Å². The van der Waals surface area contributed by atoms with Gasteiger partial charge < -0.3 is 5.11 Å². The quantitative estimate of drug-likeness (QED) is 0.761. The molecule has 4 heteroatoms. The van der Waals surface area contributed by atoms with Gasteiger partial charge in [0.05, 0.1) is 15.4 Å². The van der Waals surface area contributed by atoms with Crippen LogP contribution in [0.5, 0.6) is 0 Å². The van der Waals surface area contributed by atoms with Gasteiger partial charge >= 0.3 is 0 Å². The van der Waals surface area contributed by atoms with Gasteiger partial charge in [-0.3, -0.25) is 4.98 Å². The number of halogens is 1. The third-order valence-electron chi connectivity index (χ3n) is 3.06. The van der Waals surface area contributed by atoms with Crippen LogP contribution in [0.15, 0.2) is 41.8 Å². The first kappa shape index (κ1) is 12.6. The fourth-order valence-corrected chi connectivity index (χ4v) is 3.24. The number of hydrogen-bond donors (Lipinski definition) is 1. The molecule has 2 heterocycles. The third kappa shape index (κ3) is 2.37. The Bertz CT molecular complexity index is 738. The predicted octanol–water partition coefficient (Wildman–Crippen LogP) is 4.34. The molecular formula is C15H12ClNOS. The average molecular weight is 290 g/mol. The lowest BCUT2D eigenvalue weighted by molar-refractivity contribution is 0.224. The molecule has 0 radical (unpaired) electrons. The Hall–Kier alpha value is -1.42. The van der Waals surface area contributed by atoms with Crippen LogP contribution in [0.1, 0.15) is 22.2 Å². The maximum atomic E-state index is 10.4. The summed E-state index contributed by atoms with van der Waals surface area (Å²) in [5.41, 5.74) is 2.76. The molecular weight excluding hydrogens is 278 g/mol. The largest absolute Gasteiger partial charge is 0.383 e. The lowest BCUT2D eigenvalue weighted by atomic mass is 10.0. The van der Waals surface area contributed by atoms with E-state index < -0.39 is 6.10 Å². The molecule has 0 fully saturated rings. The Morgan fingerprint density at radius 2 is 2.05 bits per heavy atom. The van der Waals surface area contributed by atoms with Crippen molar-refractivity contribution in [2.45, 2.75) is 13.0 Å². The molecule has 0 aliphatic rings. The number of thiophene rings is 1. The van der Waals surface area contributed by atoms with Crippen molar-refractivity contribution in [1.29, 1.82) is 0 Å². The van der Waals surface area contributed by atoms with E-state index in [2.05, 4.69) is 4.98 Å². The van der Waals surface area contributed by atoms with Crippen LogP contribution in [0.2, 0.25) is 5.02 Å². The number of pyridine rings is 1. The Morgan fingerprint density at radius 3 is 2.79 bits per heavy atom. The number of aromatic nitrogens is 1. The molecule has 1 atom stereocenters. The fourth-order valence-electron chi connectivity index (χ4n) is 2.07. The zero-order chi connectivity index (χ0) is 13.4. The Kier molecular flexibility index (Phi) is 3.27. The second-order valence-corrected chi connectivity index (χ2v) is 5.79. The van der Waals surface area contributed by atoms with Crippen LogP contribution in [0.4, 0.5) is 0 Å². The van der Waals surface area contributed by atoms with E-state index in [4.69, 9.17) is 11.6 Å². The van der Waals surface area contributed by atoms with E-state index in [-0.39, 0.29) is 0 Å². The van der Waals surface area contributed by atoms with Crippen LogP contribution in [0, 0.1) is 6.92 Å². The number of fused-ring (bicyclic) bond motifs is 1. The van der Waals surface area contributed by atoms with Gasteiger partial charge in [0.2, 0.25) is 0 Å². The van der Waals surface area contributed by atoms with Crippen molar-refractivity contribution in [3.8, 4) is 0 Å². The number of aliphatic hydroxyl groups excluding tert-OH is 1. The minimum Gasteiger partial charge on any atom is -0.383 e. The van der Waals surface area contributed by atoms with Gasteiger partial charge in [-0.15, -0.1) is 11.3 Å². The highest BCUT2D eigenvalue weighted by Crippen LogP contribution is 2.33. The number of nitrogens with zero attached hydrogens (tertiary/aromatic N) is 1. The average Bonchev–Trinajstić information content (AvgIpc) is 2.83. The lowest BCUT2D eigenvalue weighted by Gasteiger charge is -2.11. The summed E-state index contributed by atoms with van der Waals surface area (Å²) in [6.07, 6.45) is -0.682. The summed E-state index contributed by atoms with van der Waals surface area (Å²) in [5, 5.41) is 13.9. The molecule has 0 amide bonds. The van der Waals surface area contributed by atoms with Crippen molar-refractivity contribution in [2.75, 3.05) is 0 Å². The second-order valence-electron chi connectivity index (χ2n) is 4.44. The maximum Gasteiger partial charge on any atom is 0.115 e. The summed E-state index contributed by atoms with van der Waals surface area (Å²) in [6, 6.07) is 11.6. The monoisotopic (exact) mass is 289 g/mol. The van der Waals surface area contributed by atoms with E-state index in [0.29, 0.717) is 5.02 Å². The van der Waals surface area contributed by atoms with Gasteiger partial charge in [-0.1, -0.05) is 23.7 Å². The first-order valence-corrected chi connectivity index (χ1v) is 7.19. The third-order valence-corrected chi connectivity index (χ3v) is 4.47. The van der Waals surface area contributed by atoms with Crippen molar-refractivity contribution in [1.82, 2.24) is 4.98 Å². The summed E-state index contributed by atoms with van der Waals surface area (Å²) in [7, 11) is 0. The fraction of sp³-hybridized carbons (Fsp3) is 0.133. The van der Waals surface area contributed by atoms with Crippen LogP contribution in [-0.4, -0.2) is 10.1 Å². The van der Waals surface area contributed by atoms with Crippen LogP contribution in [-0.2, 0) is 0 Å². The van der Waals surface area contributed by atoms with Crippen molar-refractivity contribution in [2.24, 2.45) is 0 Å². The zero-order valence-electron chi connectivity index (χ0n) is 10.3. The molecule has 2 aromatic heterocycles. The molecule has 0 spiro atoms. The van der Waals surface area contributed by atoms with Gasteiger partial charge in [-0.05, 0) is 42.1 Å². The van der Waals surface area contributed by atoms with Crippen molar-refractivity contribution in [3.63, 3.8) is 0 Å². The van der Waals surface area contributed by atoms with Crippen molar-refractivity contribution < 1.29 is 5.11 Å². The maximum absolute atomic E-state index is 10.4. The topological polar surface area (TPSA) is 33.1 Å². The van der Waals surface area contributed by atoms with Gasteiger partial charge in [-0.25, -0.2) is 0 Å². The second kappa shape index (κ2) is 4.93. The summed E-state index contributed by atoms with van der Waals surface area (Å²) in [5.74, 6) is 0. The molecule has 1 N–H and O–H groups in total. The molecule has 1 aromatic carbocycles. The smallest absolute Gasteiger partial charge is 0.115 e. The predicted molar refractivity (Wildman–Crippen MR) is 79.9 cm³/mol. The molecule has 3 aromatic rings. The molecule has 0 saturated heterocycles. The minimum atomic E-state index is -0.682. The molecule has 0 bridgehead atoms. The molecule has 0 saturated carbocycles. The van der Waals surface area contributed by atoms with E-state index in [1.807, 2.05) is 42.6 Å². The minimum absolute atomic E-state index is 0.611. The van der Waals surface area contributed by atoms with E-state index in [1.165, 1.54) is 11.3 Å². The highest BCUT2D eigenvalue weighted by molar-refractivity contribution is 7.10. The van der Waals surface area contributed by atoms with E-state index in [0.717, 1.165) is 27.0 Å². The Morgan fingerprint density at radius 1 is 1.21 bits per heavy atom. The normalized spacial score (nSPS) is 12.8.